The minimum Gasteiger partial charge on any atom is -0.379 e. The summed E-state index contributed by atoms with van der Waals surface area (Å²) in [5.41, 5.74) is 1.83. The van der Waals surface area contributed by atoms with E-state index in [0.29, 0.717) is 13.0 Å². The number of nitrogens with zero attached hydrogens (tertiary/aromatic N) is 2. The van der Waals surface area contributed by atoms with Crippen LogP contribution in [-0.2, 0) is 14.8 Å². The van der Waals surface area contributed by atoms with Crippen LogP contribution in [0.5, 0.6) is 0 Å². The highest BCUT2D eigenvalue weighted by Crippen LogP contribution is 2.20. The molecule has 1 heterocycles. The van der Waals surface area contributed by atoms with E-state index in [1.165, 1.54) is 4.31 Å². The van der Waals surface area contributed by atoms with Crippen LogP contribution < -0.4 is 4.31 Å². The third-order valence-corrected chi connectivity index (χ3v) is 5.84. The molecule has 0 amide bonds. The van der Waals surface area contributed by atoms with E-state index in [1.807, 2.05) is 38.1 Å². The molecule has 0 bridgehead atoms. The summed E-state index contributed by atoms with van der Waals surface area (Å²) >= 11 is 0. The van der Waals surface area contributed by atoms with Gasteiger partial charge < -0.3 is 4.74 Å². The van der Waals surface area contributed by atoms with Crippen LogP contribution in [0.15, 0.2) is 24.3 Å². The van der Waals surface area contributed by atoms with E-state index in [4.69, 9.17) is 4.74 Å². The van der Waals surface area contributed by atoms with Crippen molar-refractivity contribution in [3.63, 3.8) is 0 Å². The number of aryl methyl sites for hydroxylation is 1. The van der Waals surface area contributed by atoms with Gasteiger partial charge in [-0.3, -0.25) is 9.21 Å². The fourth-order valence-electron chi connectivity index (χ4n) is 2.73. The van der Waals surface area contributed by atoms with Gasteiger partial charge in [0.15, 0.2) is 0 Å². The zero-order valence-corrected chi connectivity index (χ0v) is 14.3. The Kier molecular flexibility index (Phi) is 6.23. The van der Waals surface area contributed by atoms with Gasteiger partial charge in [-0.2, -0.15) is 0 Å². The molecule has 1 aromatic carbocycles. The zero-order chi connectivity index (χ0) is 16.0. The number of ether oxygens (including phenoxy) is 1. The average molecular weight is 326 g/mol. The fraction of sp³-hybridized carbons (Fsp3) is 0.625. The molecular formula is C16H26N2O3S. The maximum atomic E-state index is 12.6. The standard InChI is InChI=1S/C16H26N2O3S/c1-3-18(16-7-4-6-15(2)14-16)22(19,20)13-5-8-17-9-11-21-12-10-17/h4,6-7,14H,3,5,8-13H2,1-2H3. The maximum Gasteiger partial charge on any atom is 0.235 e. The molecule has 0 saturated carbocycles. The molecule has 1 saturated heterocycles. The van der Waals surface area contributed by atoms with Crippen molar-refractivity contribution in [1.29, 1.82) is 0 Å². The Labute approximate surface area is 133 Å². The molecule has 1 aromatic rings. The summed E-state index contributed by atoms with van der Waals surface area (Å²) in [5, 5.41) is 0. The van der Waals surface area contributed by atoms with E-state index in [-0.39, 0.29) is 5.75 Å². The van der Waals surface area contributed by atoms with Crippen molar-refractivity contribution in [1.82, 2.24) is 4.90 Å². The first-order valence-corrected chi connectivity index (χ1v) is 9.51. The molecule has 5 nitrogen and oxygen atoms in total. The number of rotatable bonds is 7. The number of morpholine rings is 1. The Morgan fingerprint density at radius 1 is 1.27 bits per heavy atom. The van der Waals surface area contributed by atoms with Gasteiger partial charge in [0, 0.05) is 19.6 Å². The van der Waals surface area contributed by atoms with Gasteiger partial charge in [-0.1, -0.05) is 12.1 Å². The Morgan fingerprint density at radius 2 is 2.00 bits per heavy atom. The second-order valence-corrected chi connectivity index (χ2v) is 7.64. The second kappa shape index (κ2) is 7.94. The lowest BCUT2D eigenvalue weighted by molar-refractivity contribution is 0.0381. The van der Waals surface area contributed by atoms with Crippen LogP contribution >= 0.6 is 0 Å². The summed E-state index contributed by atoms with van der Waals surface area (Å²) in [4.78, 5) is 2.27. The summed E-state index contributed by atoms with van der Waals surface area (Å²) in [7, 11) is -3.27. The minimum absolute atomic E-state index is 0.187. The highest BCUT2D eigenvalue weighted by Gasteiger charge is 2.21. The quantitative estimate of drug-likeness (QED) is 0.767. The predicted molar refractivity (Wildman–Crippen MR) is 89.9 cm³/mol. The molecule has 0 aromatic heterocycles. The van der Waals surface area contributed by atoms with Crippen molar-refractivity contribution < 1.29 is 13.2 Å². The predicted octanol–water partition coefficient (Wildman–Crippen LogP) is 1.87. The van der Waals surface area contributed by atoms with E-state index in [1.54, 1.807) is 0 Å². The van der Waals surface area contributed by atoms with Gasteiger partial charge in [-0.25, -0.2) is 8.42 Å². The monoisotopic (exact) mass is 326 g/mol. The van der Waals surface area contributed by atoms with Crippen molar-refractivity contribution in [2.75, 3.05) is 49.5 Å². The maximum absolute atomic E-state index is 12.6. The minimum atomic E-state index is -3.27. The molecule has 0 aliphatic carbocycles. The smallest absolute Gasteiger partial charge is 0.235 e. The number of anilines is 1. The topological polar surface area (TPSA) is 49.9 Å². The second-order valence-electron chi connectivity index (χ2n) is 5.63. The highest BCUT2D eigenvalue weighted by atomic mass is 32.2. The molecule has 0 unspecified atom stereocenters. The van der Waals surface area contributed by atoms with Crippen LogP contribution in [0.3, 0.4) is 0 Å². The third kappa shape index (κ3) is 4.69. The van der Waals surface area contributed by atoms with Crippen molar-refractivity contribution in [3.8, 4) is 0 Å². The average Bonchev–Trinajstić information content (AvgIpc) is 2.48. The Balaban J connectivity index is 1.95. The van der Waals surface area contributed by atoms with Crippen LogP contribution in [0.4, 0.5) is 5.69 Å². The molecule has 0 radical (unpaired) electrons. The first-order valence-electron chi connectivity index (χ1n) is 7.90. The lowest BCUT2D eigenvalue weighted by atomic mass is 10.2. The summed E-state index contributed by atoms with van der Waals surface area (Å²) in [5.74, 6) is 0.187. The van der Waals surface area contributed by atoms with Crippen molar-refractivity contribution in [3.05, 3.63) is 29.8 Å². The molecule has 2 rings (SSSR count). The molecule has 0 N–H and O–H groups in total. The molecule has 0 spiro atoms. The number of benzene rings is 1. The Bertz CT molecular complexity index is 569. The van der Waals surface area contributed by atoms with Crippen molar-refractivity contribution in [2.24, 2.45) is 0 Å². The van der Waals surface area contributed by atoms with Gasteiger partial charge in [0.25, 0.3) is 0 Å². The first kappa shape index (κ1) is 17.2. The molecule has 6 heteroatoms. The largest absolute Gasteiger partial charge is 0.379 e. The van der Waals surface area contributed by atoms with Gasteiger partial charge in [0.1, 0.15) is 0 Å². The molecule has 22 heavy (non-hydrogen) atoms. The summed E-state index contributed by atoms with van der Waals surface area (Å²) in [6, 6.07) is 7.65. The molecule has 124 valence electrons. The fourth-order valence-corrected chi connectivity index (χ4v) is 4.27. The van der Waals surface area contributed by atoms with E-state index < -0.39 is 10.0 Å². The lowest BCUT2D eigenvalue weighted by Crippen LogP contribution is -2.38. The third-order valence-electron chi connectivity index (χ3n) is 3.89. The highest BCUT2D eigenvalue weighted by molar-refractivity contribution is 7.92. The number of sulfonamides is 1. The van der Waals surface area contributed by atoms with Crippen molar-refractivity contribution in [2.45, 2.75) is 20.3 Å². The SMILES string of the molecule is CCN(c1cccc(C)c1)S(=O)(=O)CCCN1CCOCC1. The number of hydrogen-bond donors (Lipinski definition) is 0. The van der Waals surface area contributed by atoms with Crippen LogP contribution in [0, 0.1) is 6.92 Å². The van der Waals surface area contributed by atoms with E-state index in [2.05, 4.69) is 4.90 Å². The van der Waals surface area contributed by atoms with Crippen LogP contribution in [-0.4, -0.2) is 58.5 Å². The van der Waals surface area contributed by atoms with Gasteiger partial charge >= 0.3 is 0 Å². The molecule has 1 aliphatic rings. The molecular weight excluding hydrogens is 300 g/mol. The zero-order valence-electron chi connectivity index (χ0n) is 13.5. The Morgan fingerprint density at radius 3 is 2.64 bits per heavy atom. The molecule has 1 aliphatic heterocycles. The van der Waals surface area contributed by atoms with Crippen LogP contribution in [0.2, 0.25) is 0 Å². The molecule has 0 atom stereocenters. The van der Waals surface area contributed by atoms with Crippen LogP contribution in [0.1, 0.15) is 18.9 Å². The van der Waals surface area contributed by atoms with E-state index >= 15 is 0 Å². The summed E-state index contributed by atoms with van der Waals surface area (Å²) < 4.78 is 32.0. The first-order chi connectivity index (χ1) is 10.5. The normalized spacial score (nSPS) is 16.6. The van der Waals surface area contributed by atoms with Gasteiger partial charge in [-0.05, 0) is 44.5 Å². The van der Waals surface area contributed by atoms with Gasteiger partial charge in [0.05, 0.1) is 24.7 Å². The Hall–Kier alpha value is -1.11. The van der Waals surface area contributed by atoms with Gasteiger partial charge in [-0.15, -0.1) is 0 Å². The summed E-state index contributed by atoms with van der Waals surface area (Å²) in [6.07, 6.45) is 0.657. The van der Waals surface area contributed by atoms with Crippen molar-refractivity contribution >= 4 is 15.7 Å². The summed E-state index contributed by atoms with van der Waals surface area (Å²) in [6.45, 7) is 8.42. The van der Waals surface area contributed by atoms with Crippen LogP contribution in [0.25, 0.3) is 0 Å². The molecule has 1 fully saturated rings. The van der Waals surface area contributed by atoms with E-state index in [0.717, 1.165) is 44.1 Å². The van der Waals surface area contributed by atoms with E-state index in [9.17, 15) is 8.42 Å². The number of hydrogen-bond acceptors (Lipinski definition) is 4. The van der Waals surface area contributed by atoms with Gasteiger partial charge in [0.2, 0.25) is 10.0 Å². The lowest BCUT2D eigenvalue weighted by Gasteiger charge is -2.27.